The van der Waals surface area contributed by atoms with Crippen LogP contribution in [0.3, 0.4) is 0 Å². The number of morpholine rings is 1. The summed E-state index contributed by atoms with van der Waals surface area (Å²) >= 11 is 1.47. The molecule has 0 spiro atoms. The fourth-order valence-electron chi connectivity index (χ4n) is 4.54. The second-order valence-electron chi connectivity index (χ2n) is 10.4. The zero-order valence-corrected chi connectivity index (χ0v) is 22.5. The third-order valence-corrected chi connectivity index (χ3v) is 7.33. The van der Waals surface area contributed by atoms with E-state index >= 15 is 0 Å². The van der Waals surface area contributed by atoms with Crippen LogP contribution >= 0.6 is 11.3 Å². The van der Waals surface area contributed by atoms with E-state index in [0.29, 0.717) is 12.2 Å². The third-order valence-electron chi connectivity index (χ3n) is 6.33. The minimum absolute atomic E-state index is 0.00172. The fraction of sp³-hybridized carbons (Fsp3) is 0.519. The second kappa shape index (κ2) is 11.6. The van der Waals surface area contributed by atoms with E-state index in [2.05, 4.69) is 11.0 Å². The molecule has 37 heavy (non-hydrogen) atoms. The summed E-state index contributed by atoms with van der Waals surface area (Å²) in [4.78, 5) is 42.2. The molecule has 0 saturated carbocycles. The number of hydrogen-bond donors (Lipinski definition) is 1. The van der Waals surface area contributed by atoms with Crippen molar-refractivity contribution in [2.24, 2.45) is 5.73 Å². The Morgan fingerprint density at radius 3 is 2.68 bits per heavy atom. The van der Waals surface area contributed by atoms with E-state index in [1.165, 1.54) is 21.8 Å². The number of amides is 2. The zero-order valence-electron chi connectivity index (χ0n) is 21.7. The van der Waals surface area contributed by atoms with Crippen molar-refractivity contribution in [2.75, 3.05) is 26.3 Å². The second-order valence-corrected chi connectivity index (χ2v) is 11.3. The molecule has 4 rings (SSSR count). The highest BCUT2D eigenvalue weighted by atomic mass is 32.1. The number of carbonyl (C=O) groups excluding carboxylic acids is 3. The minimum atomic E-state index is -0.886. The molecule has 1 aromatic heterocycles. The van der Waals surface area contributed by atoms with Gasteiger partial charge in [0.2, 0.25) is 5.91 Å². The first-order chi connectivity index (χ1) is 17.6. The molecule has 0 aliphatic carbocycles. The van der Waals surface area contributed by atoms with Crippen LogP contribution in [0.25, 0.3) is 0 Å². The lowest BCUT2D eigenvalue weighted by molar-refractivity contribution is -0.155. The van der Waals surface area contributed by atoms with Crippen molar-refractivity contribution in [3.63, 3.8) is 0 Å². The molecule has 2 aromatic rings. The van der Waals surface area contributed by atoms with Gasteiger partial charge in [0.15, 0.2) is 0 Å². The van der Waals surface area contributed by atoms with Crippen molar-refractivity contribution < 1.29 is 28.6 Å². The van der Waals surface area contributed by atoms with Gasteiger partial charge < -0.3 is 24.8 Å². The van der Waals surface area contributed by atoms with Gasteiger partial charge >= 0.3 is 5.97 Å². The maximum atomic E-state index is 13.1. The number of benzene rings is 1. The normalized spacial score (nSPS) is 16.9. The average Bonchev–Trinajstić information content (AvgIpc) is 3.37. The smallest absolute Gasteiger partial charge is 0.306 e. The standard InChI is InChI=1S/C27H35N3O6S/c1-27(2,3)36-24(31)8-7-22(25(28)32)30-15-20-21(26(30)33)17-37-23(20)16-35-19-6-4-5-18(13-19)14-29-9-11-34-12-10-29/h4-6,13,17,22H,7-12,14-16H2,1-3H3,(H2,28,32). The maximum absolute atomic E-state index is 13.1. The van der Waals surface area contributed by atoms with Crippen LogP contribution in [0.4, 0.5) is 0 Å². The van der Waals surface area contributed by atoms with Gasteiger partial charge in [-0.1, -0.05) is 12.1 Å². The predicted octanol–water partition coefficient (Wildman–Crippen LogP) is 3.09. The molecular weight excluding hydrogens is 494 g/mol. The van der Waals surface area contributed by atoms with Crippen LogP contribution < -0.4 is 10.5 Å². The molecule has 1 saturated heterocycles. The van der Waals surface area contributed by atoms with Gasteiger partial charge in [0.25, 0.3) is 5.91 Å². The van der Waals surface area contributed by atoms with Crippen molar-refractivity contribution in [3.05, 3.63) is 51.2 Å². The van der Waals surface area contributed by atoms with Gasteiger partial charge in [0.1, 0.15) is 24.0 Å². The van der Waals surface area contributed by atoms with E-state index in [4.69, 9.17) is 19.9 Å². The summed E-state index contributed by atoms with van der Waals surface area (Å²) in [5, 5.41) is 1.80. The first-order valence-corrected chi connectivity index (χ1v) is 13.4. The summed E-state index contributed by atoms with van der Waals surface area (Å²) in [5.74, 6) is -0.551. The Labute approximate surface area is 221 Å². The molecule has 2 N–H and O–H groups in total. The molecule has 0 bridgehead atoms. The number of esters is 1. The summed E-state index contributed by atoms with van der Waals surface area (Å²) in [5.41, 5.74) is 7.60. The maximum Gasteiger partial charge on any atom is 0.306 e. The lowest BCUT2D eigenvalue weighted by atomic mass is 10.1. The minimum Gasteiger partial charge on any atom is -0.488 e. The van der Waals surface area contributed by atoms with Crippen LogP contribution in [0.1, 0.15) is 60.0 Å². The van der Waals surface area contributed by atoms with Crippen molar-refractivity contribution in [1.82, 2.24) is 9.80 Å². The molecule has 1 fully saturated rings. The SMILES string of the molecule is CC(C)(C)OC(=O)CCC(C(N)=O)N1Cc2c(csc2COc2cccc(CN3CCOCC3)c2)C1=O. The van der Waals surface area contributed by atoms with Gasteiger partial charge in [0.05, 0.1) is 18.8 Å². The van der Waals surface area contributed by atoms with Crippen molar-refractivity contribution in [3.8, 4) is 5.75 Å². The Morgan fingerprint density at radius 1 is 1.22 bits per heavy atom. The Balaban J connectivity index is 1.37. The highest BCUT2D eigenvalue weighted by Gasteiger charge is 2.38. The van der Waals surface area contributed by atoms with Gasteiger partial charge in [-0.15, -0.1) is 11.3 Å². The van der Waals surface area contributed by atoms with E-state index in [0.717, 1.165) is 49.0 Å². The largest absolute Gasteiger partial charge is 0.488 e. The van der Waals surface area contributed by atoms with E-state index in [9.17, 15) is 14.4 Å². The van der Waals surface area contributed by atoms with Crippen molar-refractivity contribution in [2.45, 2.75) is 65.0 Å². The monoisotopic (exact) mass is 529 g/mol. The van der Waals surface area contributed by atoms with Gasteiger partial charge in [-0.2, -0.15) is 0 Å². The summed E-state index contributed by atoms with van der Waals surface area (Å²) in [6.07, 6.45) is 0.115. The first-order valence-electron chi connectivity index (χ1n) is 12.5. The lowest BCUT2D eigenvalue weighted by Gasteiger charge is -2.26. The molecule has 9 nitrogen and oxygen atoms in total. The number of primary amides is 1. The molecule has 3 heterocycles. The van der Waals surface area contributed by atoms with Crippen LogP contribution in [0.2, 0.25) is 0 Å². The molecule has 1 aromatic carbocycles. The predicted molar refractivity (Wildman–Crippen MR) is 139 cm³/mol. The summed E-state index contributed by atoms with van der Waals surface area (Å²) < 4.78 is 16.8. The Bertz CT molecular complexity index is 1140. The molecule has 1 atom stereocenters. The Kier molecular flexibility index (Phi) is 8.51. The zero-order chi connectivity index (χ0) is 26.6. The molecule has 2 aliphatic heterocycles. The van der Waals surface area contributed by atoms with Gasteiger partial charge in [-0.05, 0) is 44.9 Å². The van der Waals surface area contributed by atoms with Crippen molar-refractivity contribution >= 4 is 29.1 Å². The average molecular weight is 530 g/mol. The highest BCUT2D eigenvalue weighted by Crippen LogP contribution is 2.34. The molecular formula is C27H35N3O6S. The van der Waals surface area contributed by atoms with Crippen LogP contribution in [0.5, 0.6) is 5.75 Å². The number of fused-ring (bicyclic) bond motifs is 1. The summed E-state index contributed by atoms with van der Waals surface area (Å²) in [6.45, 7) is 10.1. The van der Waals surface area contributed by atoms with Gasteiger partial charge in [-0.3, -0.25) is 19.3 Å². The molecule has 2 amide bonds. The molecule has 1 unspecified atom stereocenters. The quantitative estimate of drug-likeness (QED) is 0.471. The summed E-state index contributed by atoms with van der Waals surface area (Å²) in [7, 11) is 0. The topological polar surface area (TPSA) is 111 Å². The van der Waals surface area contributed by atoms with Gasteiger partial charge in [0, 0.05) is 48.4 Å². The van der Waals surface area contributed by atoms with Crippen LogP contribution in [-0.2, 0) is 38.8 Å². The number of ether oxygens (including phenoxy) is 3. The van der Waals surface area contributed by atoms with Crippen LogP contribution in [-0.4, -0.2) is 65.5 Å². The van der Waals surface area contributed by atoms with E-state index in [1.54, 1.807) is 26.2 Å². The number of rotatable bonds is 10. The molecule has 0 radical (unpaired) electrons. The van der Waals surface area contributed by atoms with Crippen LogP contribution in [0.15, 0.2) is 29.6 Å². The number of nitrogens with two attached hydrogens (primary N) is 1. The van der Waals surface area contributed by atoms with E-state index in [-0.39, 0.29) is 25.3 Å². The Morgan fingerprint density at radius 2 is 1.97 bits per heavy atom. The molecule has 10 heteroatoms. The third kappa shape index (κ3) is 7.09. The number of hydrogen-bond acceptors (Lipinski definition) is 8. The Hall–Kier alpha value is -2.95. The first kappa shape index (κ1) is 27.1. The number of nitrogens with zero attached hydrogens (tertiary/aromatic N) is 2. The van der Waals surface area contributed by atoms with E-state index < -0.39 is 23.5 Å². The highest BCUT2D eigenvalue weighted by molar-refractivity contribution is 7.10. The number of carbonyl (C=O) groups is 3. The van der Waals surface area contributed by atoms with E-state index in [1.807, 2.05) is 18.2 Å². The van der Waals surface area contributed by atoms with Crippen LogP contribution in [0, 0.1) is 0 Å². The molecule has 2 aliphatic rings. The van der Waals surface area contributed by atoms with Crippen molar-refractivity contribution in [1.29, 1.82) is 0 Å². The van der Waals surface area contributed by atoms with Gasteiger partial charge in [-0.25, -0.2) is 0 Å². The molecule has 200 valence electrons. The number of thiophene rings is 1. The fourth-order valence-corrected chi connectivity index (χ4v) is 5.49. The lowest BCUT2D eigenvalue weighted by Crippen LogP contribution is -2.45. The summed E-state index contributed by atoms with van der Waals surface area (Å²) in [6, 6.07) is 7.15.